The molecule has 0 fully saturated rings. The maximum atomic E-state index is 13.6. The highest BCUT2D eigenvalue weighted by atomic mass is 19.1. The van der Waals surface area contributed by atoms with Crippen molar-refractivity contribution in [2.24, 2.45) is 0 Å². The number of rotatable bonds is 2. The molecule has 0 amide bonds. The van der Waals surface area contributed by atoms with Gasteiger partial charge in [0.1, 0.15) is 11.6 Å². The first-order chi connectivity index (χ1) is 8.74. The van der Waals surface area contributed by atoms with Crippen molar-refractivity contribution in [3.05, 3.63) is 65.9 Å². The first-order valence-corrected chi connectivity index (χ1v) is 5.58. The van der Waals surface area contributed by atoms with E-state index in [1.807, 2.05) is 24.3 Å². The summed E-state index contributed by atoms with van der Waals surface area (Å²) in [6.45, 7) is 0.219. The largest absolute Gasteiger partial charge is 0.260 e. The predicted molar refractivity (Wildman–Crippen MR) is 65.2 cm³/mol. The maximum Gasteiger partial charge on any atom is 0.128 e. The van der Waals surface area contributed by atoms with E-state index in [1.165, 1.54) is 6.07 Å². The number of aromatic nitrogens is 2. The van der Waals surface area contributed by atoms with E-state index >= 15 is 0 Å². The van der Waals surface area contributed by atoms with Gasteiger partial charge >= 0.3 is 0 Å². The molecule has 0 aliphatic carbocycles. The lowest BCUT2D eigenvalue weighted by Gasteiger charge is -2.05. The van der Waals surface area contributed by atoms with Gasteiger partial charge in [0.05, 0.1) is 18.3 Å². The van der Waals surface area contributed by atoms with Gasteiger partial charge in [-0.05, 0) is 24.3 Å². The minimum atomic E-state index is -0.442. The van der Waals surface area contributed by atoms with Crippen molar-refractivity contribution in [1.82, 2.24) is 9.78 Å². The average molecular weight is 244 g/mol. The maximum absolute atomic E-state index is 13.6. The van der Waals surface area contributed by atoms with Crippen LogP contribution in [-0.4, -0.2) is 9.78 Å². The van der Waals surface area contributed by atoms with Crippen LogP contribution in [-0.2, 0) is 6.54 Å². The van der Waals surface area contributed by atoms with Gasteiger partial charge in [-0.1, -0.05) is 18.2 Å². The van der Waals surface area contributed by atoms with Crippen LogP contribution < -0.4 is 0 Å². The highest BCUT2D eigenvalue weighted by Crippen LogP contribution is 2.16. The molecule has 0 saturated heterocycles. The Hall–Kier alpha value is -2.23. The van der Waals surface area contributed by atoms with Gasteiger partial charge < -0.3 is 0 Å². The van der Waals surface area contributed by atoms with Crippen molar-refractivity contribution in [1.29, 1.82) is 0 Å². The third-order valence-corrected chi connectivity index (χ3v) is 2.88. The van der Waals surface area contributed by atoms with Gasteiger partial charge in [-0.15, -0.1) is 0 Å². The fraction of sp³-hybridized carbons (Fsp3) is 0.0714. The van der Waals surface area contributed by atoms with E-state index in [0.29, 0.717) is 5.56 Å². The van der Waals surface area contributed by atoms with Crippen molar-refractivity contribution in [2.45, 2.75) is 6.54 Å². The smallest absolute Gasteiger partial charge is 0.128 e. The van der Waals surface area contributed by atoms with Crippen LogP contribution in [0.3, 0.4) is 0 Å². The monoisotopic (exact) mass is 244 g/mol. The third-order valence-electron chi connectivity index (χ3n) is 2.88. The van der Waals surface area contributed by atoms with E-state index in [4.69, 9.17) is 0 Å². The standard InChI is InChI=1S/C14H10F2N2/c15-12-5-6-13(16)11(7-12)9-18-14-4-2-1-3-10(14)8-17-18/h1-8H,9H2. The highest BCUT2D eigenvalue weighted by Gasteiger charge is 2.07. The summed E-state index contributed by atoms with van der Waals surface area (Å²) in [5, 5.41) is 5.17. The molecule has 0 radical (unpaired) electrons. The molecule has 0 atom stereocenters. The average Bonchev–Trinajstić information content (AvgIpc) is 2.78. The lowest BCUT2D eigenvalue weighted by Crippen LogP contribution is -2.03. The molecule has 4 heteroatoms. The first kappa shape index (κ1) is 10.9. The molecule has 2 aromatic carbocycles. The molecule has 3 aromatic rings. The number of nitrogens with zero attached hydrogens (tertiary/aromatic N) is 2. The minimum Gasteiger partial charge on any atom is -0.260 e. The Labute approximate surface area is 102 Å². The predicted octanol–water partition coefficient (Wildman–Crippen LogP) is 3.36. The molecule has 2 nitrogen and oxygen atoms in total. The quantitative estimate of drug-likeness (QED) is 0.675. The number of hydrogen-bond acceptors (Lipinski definition) is 1. The Morgan fingerprint density at radius 3 is 2.78 bits per heavy atom. The summed E-state index contributed by atoms with van der Waals surface area (Å²) in [4.78, 5) is 0. The highest BCUT2D eigenvalue weighted by molar-refractivity contribution is 5.78. The normalized spacial score (nSPS) is 11.0. The topological polar surface area (TPSA) is 17.8 Å². The van der Waals surface area contributed by atoms with Crippen molar-refractivity contribution in [3.8, 4) is 0 Å². The molecule has 90 valence electrons. The molecule has 0 aliphatic rings. The lowest BCUT2D eigenvalue weighted by atomic mass is 10.2. The van der Waals surface area contributed by atoms with Crippen molar-refractivity contribution < 1.29 is 8.78 Å². The van der Waals surface area contributed by atoms with E-state index in [2.05, 4.69) is 5.10 Å². The number of benzene rings is 2. The SMILES string of the molecule is Fc1ccc(F)c(Cn2ncc3ccccc32)c1. The van der Waals surface area contributed by atoms with Crippen LogP contribution >= 0.6 is 0 Å². The third kappa shape index (κ3) is 1.86. The van der Waals surface area contributed by atoms with E-state index in [0.717, 1.165) is 23.0 Å². The summed E-state index contributed by atoms with van der Waals surface area (Å²) in [5.41, 5.74) is 1.20. The fourth-order valence-electron chi connectivity index (χ4n) is 1.98. The summed E-state index contributed by atoms with van der Waals surface area (Å²) in [6.07, 6.45) is 1.71. The van der Waals surface area contributed by atoms with Crippen molar-refractivity contribution >= 4 is 10.9 Å². The molecule has 3 rings (SSSR count). The van der Waals surface area contributed by atoms with E-state index in [1.54, 1.807) is 10.9 Å². The van der Waals surface area contributed by atoms with Crippen LogP contribution in [0.25, 0.3) is 10.9 Å². The van der Waals surface area contributed by atoms with Crippen LogP contribution in [0, 0.1) is 11.6 Å². The molecule has 0 unspecified atom stereocenters. The molecule has 0 N–H and O–H groups in total. The van der Waals surface area contributed by atoms with Crippen molar-refractivity contribution in [2.75, 3.05) is 0 Å². The fourth-order valence-corrected chi connectivity index (χ4v) is 1.98. The second-order valence-corrected chi connectivity index (χ2v) is 4.10. The Morgan fingerprint density at radius 1 is 1.06 bits per heavy atom. The zero-order valence-corrected chi connectivity index (χ0v) is 9.48. The molecule has 0 saturated carbocycles. The summed E-state index contributed by atoms with van der Waals surface area (Å²) >= 11 is 0. The number of para-hydroxylation sites is 1. The van der Waals surface area contributed by atoms with Gasteiger partial charge in [-0.2, -0.15) is 5.10 Å². The Balaban J connectivity index is 2.04. The van der Waals surface area contributed by atoms with Crippen LogP contribution in [0.4, 0.5) is 8.78 Å². The first-order valence-electron chi connectivity index (χ1n) is 5.58. The Kier molecular flexibility index (Phi) is 2.55. The number of fused-ring (bicyclic) bond motifs is 1. The summed E-state index contributed by atoms with van der Waals surface area (Å²) < 4.78 is 28.3. The van der Waals surface area contributed by atoms with Crippen LogP contribution in [0.5, 0.6) is 0 Å². The second-order valence-electron chi connectivity index (χ2n) is 4.10. The van der Waals surface area contributed by atoms with Gasteiger partial charge in [0.2, 0.25) is 0 Å². The zero-order chi connectivity index (χ0) is 12.5. The summed E-state index contributed by atoms with van der Waals surface area (Å²) in [6, 6.07) is 11.1. The molecular weight excluding hydrogens is 234 g/mol. The molecule has 0 aliphatic heterocycles. The van der Waals surface area contributed by atoms with Gasteiger partial charge in [-0.3, -0.25) is 4.68 Å². The van der Waals surface area contributed by atoms with E-state index in [9.17, 15) is 8.78 Å². The molecule has 1 heterocycles. The van der Waals surface area contributed by atoms with E-state index in [-0.39, 0.29) is 6.54 Å². The molecule has 0 bridgehead atoms. The molecule has 0 spiro atoms. The molecular formula is C14H10F2N2. The van der Waals surface area contributed by atoms with Gasteiger partial charge in [0, 0.05) is 10.9 Å². The van der Waals surface area contributed by atoms with Crippen molar-refractivity contribution in [3.63, 3.8) is 0 Å². The van der Waals surface area contributed by atoms with Crippen LogP contribution in [0.15, 0.2) is 48.7 Å². The molecule has 1 aromatic heterocycles. The number of halogens is 2. The Morgan fingerprint density at radius 2 is 1.89 bits per heavy atom. The van der Waals surface area contributed by atoms with Crippen LogP contribution in [0.1, 0.15) is 5.56 Å². The van der Waals surface area contributed by atoms with Crippen LogP contribution in [0.2, 0.25) is 0 Å². The van der Waals surface area contributed by atoms with Gasteiger partial charge in [-0.25, -0.2) is 8.78 Å². The minimum absolute atomic E-state index is 0.219. The second kappa shape index (κ2) is 4.22. The summed E-state index contributed by atoms with van der Waals surface area (Å²) in [5.74, 6) is -0.862. The van der Waals surface area contributed by atoms with E-state index < -0.39 is 11.6 Å². The Bertz CT molecular complexity index is 704. The van der Waals surface area contributed by atoms with Gasteiger partial charge in [0.25, 0.3) is 0 Å². The number of hydrogen-bond donors (Lipinski definition) is 0. The lowest BCUT2D eigenvalue weighted by molar-refractivity contribution is 0.570. The summed E-state index contributed by atoms with van der Waals surface area (Å²) in [7, 11) is 0. The zero-order valence-electron chi connectivity index (χ0n) is 9.48. The molecule has 18 heavy (non-hydrogen) atoms. The van der Waals surface area contributed by atoms with Gasteiger partial charge in [0.15, 0.2) is 0 Å².